The van der Waals surface area contributed by atoms with Crippen molar-refractivity contribution in [3.05, 3.63) is 34.9 Å². The van der Waals surface area contributed by atoms with Crippen molar-refractivity contribution >= 4 is 17.5 Å². The number of nitrogens with two attached hydrogens (primary N) is 2. The number of nitrogen functional groups attached to an aromatic ring is 2. The van der Waals surface area contributed by atoms with Gasteiger partial charge in [-0.25, -0.2) is 4.79 Å². The number of halogens is 3. The minimum atomic E-state index is -5.08. The van der Waals surface area contributed by atoms with Crippen molar-refractivity contribution < 1.29 is 37.3 Å². The van der Waals surface area contributed by atoms with Gasteiger partial charge >= 0.3 is 12.1 Å². The minimum Gasteiger partial charge on any atom is -0.492 e. The highest BCUT2D eigenvalue weighted by molar-refractivity contribution is 5.73. The fourth-order valence-corrected chi connectivity index (χ4v) is 3.29. The van der Waals surface area contributed by atoms with E-state index in [4.69, 9.17) is 35.6 Å². The third-order valence-electron chi connectivity index (χ3n) is 5.08. The lowest BCUT2D eigenvalue weighted by Crippen LogP contribution is -2.38. The molecule has 3 heterocycles. The molecule has 5 N–H and O–H groups in total. The average Bonchev–Trinajstić information content (AvgIpc) is 2.79. The second-order valence-corrected chi connectivity index (χ2v) is 7.33. The Morgan fingerprint density at radius 1 is 1.29 bits per heavy atom. The van der Waals surface area contributed by atoms with Crippen molar-refractivity contribution in [3.63, 3.8) is 0 Å². The zero-order valence-electron chi connectivity index (χ0n) is 17.9. The van der Waals surface area contributed by atoms with Crippen LogP contribution in [0.5, 0.6) is 17.4 Å². The van der Waals surface area contributed by atoms with E-state index >= 15 is 0 Å². The van der Waals surface area contributed by atoms with Crippen LogP contribution in [-0.4, -0.2) is 66.6 Å². The van der Waals surface area contributed by atoms with Crippen LogP contribution < -0.4 is 20.9 Å². The first kappa shape index (κ1) is 24.9. The summed E-state index contributed by atoms with van der Waals surface area (Å²) >= 11 is 0. The number of nitrogens with zero attached hydrogens (tertiary/aromatic N) is 3. The van der Waals surface area contributed by atoms with Crippen molar-refractivity contribution in [1.29, 1.82) is 5.26 Å². The molecular weight excluding hydrogens is 459 g/mol. The zero-order valence-corrected chi connectivity index (χ0v) is 17.9. The number of anilines is 2. The van der Waals surface area contributed by atoms with Crippen LogP contribution in [0.2, 0.25) is 0 Å². The Balaban J connectivity index is 0.000000406. The number of carbonyl (C=O) groups is 1. The normalized spacial score (nSPS) is 15.0. The molecule has 13 heteroatoms. The van der Waals surface area contributed by atoms with E-state index in [0.717, 1.165) is 44.2 Å². The predicted octanol–water partition coefficient (Wildman–Crippen LogP) is 2.16. The number of alkyl halides is 3. The first-order valence-electron chi connectivity index (χ1n) is 10.1. The lowest BCUT2D eigenvalue weighted by Gasteiger charge is -2.26. The number of carboxylic acids is 1. The SMILES string of the molecule is N#Cc1c(N)nc2c(c1N)Cc1ccc(OCCN3CCOCC3)cc1O2.O=C(O)C(F)(F)F. The van der Waals surface area contributed by atoms with Gasteiger partial charge in [0, 0.05) is 37.7 Å². The number of fused-ring (bicyclic) bond motifs is 2. The molecule has 10 nitrogen and oxygen atoms in total. The summed E-state index contributed by atoms with van der Waals surface area (Å²) in [5, 5.41) is 16.3. The Kier molecular flexibility index (Phi) is 7.64. The van der Waals surface area contributed by atoms with Gasteiger partial charge in [0.1, 0.15) is 35.6 Å². The number of rotatable bonds is 4. The minimum absolute atomic E-state index is 0.0788. The van der Waals surface area contributed by atoms with E-state index in [1.807, 2.05) is 24.3 Å². The molecule has 4 rings (SSSR count). The number of hydrogen-bond acceptors (Lipinski definition) is 9. The van der Waals surface area contributed by atoms with Crippen molar-refractivity contribution in [2.45, 2.75) is 12.6 Å². The number of benzene rings is 1. The third-order valence-corrected chi connectivity index (χ3v) is 5.08. The van der Waals surface area contributed by atoms with E-state index in [1.165, 1.54) is 0 Å². The molecule has 0 saturated carbocycles. The Bertz CT molecular complexity index is 1100. The Morgan fingerprint density at radius 3 is 2.59 bits per heavy atom. The van der Waals surface area contributed by atoms with Gasteiger partial charge in [0.05, 0.1) is 18.9 Å². The molecule has 2 aliphatic rings. The molecule has 1 aromatic carbocycles. The summed E-state index contributed by atoms with van der Waals surface area (Å²) in [6.07, 6.45) is -4.55. The molecular formula is C21H22F3N5O5. The maximum Gasteiger partial charge on any atom is 0.490 e. The monoisotopic (exact) mass is 481 g/mol. The number of pyridine rings is 1. The topological polar surface area (TPSA) is 157 Å². The fourth-order valence-electron chi connectivity index (χ4n) is 3.29. The molecule has 0 bridgehead atoms. The van der Waals surface area contributed by atoms with Gasteiger partial charge in [-0.15, -0.1) is 0 Å². The number of aliphatic carboxylic acids is 1. The third kappa shape index (κ3) is 5.97. The lowest BCUT2D eigenvalue weighted by molar-refractivity contribution is -0.192. The summed E-state index contributed by atoms with van der Waals surface area (Å²) in [6, 6.07) is 7.71. The highest BCUT2D eigenvalue weighted by atomic mass is 19.4. The molecule has 1 aromatic heterocycles. The van der Waals surface area contributed by atoms with Crippen molar-refractivity contribution in [2.75, 3.05) is 50.9 Å². The molecule has 0 atom stereocenters. The van der Waals surface area contributed by atoms with E-state index in [0.29, 0.717) is 35.9 Å². The largest absolute Gasteiger partial charge is 0.492 e. The molecule has 34 heavy (non-hydrogen) atoms. The van der Waals surface area contributed by atoms with Gasteiger partial charge in [-0.3, -0.25) is 4.90 Å². The van der Waals surface area contributed by atoms with Gasteiger partial charge in [-0.1, -0.05) is 6.07 Å². The molecule has 0 radical (unpaired) electrons. The van der Waals surface area contributed by atoms with Gasteiger partial charge < -0.3 is 30.8 Å². The second kappa shape index (κ2) is 10.4. The van der Waals surface area contributed by atoms with Crippen molar-refractivity contribution in [2.24, 2.45) is 0 Å². The van der Waals surface area contributed by atoms with E-state index in [2.05, 4.69) is 9.88 Å². The lowest BCUT2D eigenvalue weighted by atomic mass is 9.99. The van der Waals surface area contributed by atoms with Crippen LogP contribution >= 0.6 is 0 Å². The first-order chi connectivity index (χ1) is 16.1. The van der Waals surface area contributed by atoms with E-state index in [1.54, 1.807) is 0 Å². The molecule has 0 unspecified atom stereocenters. The molecule has 2 aliphatic heterocycles. The molecule has 1 fully saturated rings. The van der Waals surface area contributed by atoms with Crippen molar-refractivity contribution in [3.8, 4) is 23.4 Å². The van der Waals surface area contributed by atoms with Crippen LogP contribution in [0.15, 0.2) is 18.2 Å². The smallest absolute Gasteiger partial charge is 0.490 e. The highest BCUT2D eigenvalue weighted by Crippen LogP contribution is 2.41. The van der Waals surface area contributed by atoms with Crippen LogP contribution in [0.25, 0.3) is 0 Å². The fraction of sp³-hybridized carbons (Fsp3) is 0.381. The number of aromatic nitrogens is 1. The van der Waals surface area contributed by atoms with Gasteiger partial charge in [0.2, 0.25) is 5.88 Å². The van der Waals surface area contributed by atoms with Crippen LogP contribution in [-0.2, 0) is 16.0 Å². The van der Waals surface area contributed by atoms with E-state index in [-0.39, 0.29) is 11.4 Å². The quantitative estimate of drug-likeness (QED) is 0.504. The number of carboxylic acid groups (broad SMARTS) is 1. The van der Waals surface area contributed by atoms with Crippen LogP contribution in [0, 0.1) is 11.3 Å². The van der Waals surface area contributed by atoms with E-state index in [9.17, 15) is 18.4 Å². The highest BCUT2D eigenvalue weighted by Gasteiger charge is 2.38. The number of hydrogen-bond donors (Lipinski definition) is 3. The number of morpholine rings is 1. The average molecular weight is 481 g/mol. The predicted molar refractivity (Wildman–Crippen MR) is 114 cm³/mol. The summed E-state index contributed by atoms with van der Waals surface area (Å²) in [7, 11) is 0. The summed E-state index contributed by atoms with van der Waals surface area (Å²) in [4.78, 5) is 15.4. The van der Waals surface area contributed by atoms with Gasteiger partial charge in [0.15, 0.2) is 0 Å². The second-order valence-electron chi connectivity index (χ2n) is 7.33. The Labute approximate surface area is 192 Å². The Morgan fingerprint density at radius 2 is 1.97 bits per heavy atom. The molecule has 0 spiro atoms. The first-order valence-corrected chi connectivity index (χ1v) is 10.1. The zero-order chi connectivity index (χ0) is 24.9. The van der Waals surface area contributed by atoms with Crippen molar-refractivity contribution in [1.82, 2.24) is 9.88 Å². The maximum atomic E-state index is 10.6. The van der Waals surface area contributed by atoms with Gasteiger partial charge in [-0.05, 0) is 11.6 Å². The molecule has 1 saturated heterocycles. The van der Waals surface area contributed by atoms with Crippen LogP contribution in [0.1, 0.15) is 16.7 Å². The Hall–Kier alpha value is -3.76. The van der Waals surface area contributed by atoms with Gasteiger partial charge in [0.25, 0.3) is 0 Å². The van der Waals surface area contributed by atoms with Crippen LogP contribution in [0.4, 0.5) is 24.7 Å². The summed E-state index contributed by atoms with van der Waals surface area (Å²) < 4.78 is 48.8. The summed E-state index contributed by atoms with van der Waals surface area (Å²) in [5.74, 6) is -0.924. The number of nitriles is 1. The van der Waals surface area contributed by atoms with Crippen LogP contribution in [0.3, 0.4) is 0 Å². The standard InChI is InChI=1S/C19H21N5O3.C2HF3O2/c20-11-15-17(21)14-9-12-1-2-13(10-16(12)27-19(14)23-18(15)22)26-8-5-24-3-6-25-7-4-24;3-2(4,5)1(6)7/h1-2,10H,3-9H2,(H4,21,22,23);(H,6,7). The number of ether oxygens (including phenoxy) is 3. The molecule has 0 aliphatic carbocycles. The van der Waals surface area contributed by atoms with E-state index < -0.39 is 12.1 Å². The summed E-state index contributed by atoms with van der Waals surface area (Å²) in [6.45, 7) is 4.88. The molecule has 0 amide bonds. The molecule has 182 valence electrons. The maximum absolute atomic E-state index is 10.6. The summed E-state index contributed by atoms with van der Waals surface area (Å²) in [5.41, 5.74) is 14.1. The molecule has 2 aromatic rings. The van der Waals surface area contributed by atoms with Gasteiger partial charge in [-0.2, -0.15) is 23.4 Å².